The van der Waals surface area contributed by atoms with E-state index in [0.717, 1.165) is 25.7 Å². The fourth-order valence-corrected chi connectivity index (χ4v) is 2.57. The molecule has 0 bridgehead atoms. The molecule has 0 heterocycles. The van der Waals surface area contributed by atoms with Crippen LogP contribution in [-0.2, 0) is 4.79 Å². The lowest BCUT2D eigenvalue weighted by Crippen LogP contribution is -2.48. The van der Waals surface area contributed by atoms with E-state index >= 15 is 0 Å². The minimum Gasteiger partial charge on any atom is -0.495 e. The van der Waals surface area contributed by atoms with Crippen molar-refractivity contribution in [3.05, 3.63) is 24.3 Å². The molecule has 6 heteroatoms. The number of ether oxygens (including phenoxy) is 1. The minimum atomic E-state index is -0.550. The third kappa shape index (κ3) is 4.38. The number of rotatable bonds is 5. The zero-order chi connectivity index (χ0) is 15.9. The van der Waals surface area contributed by atoms with Crippen LogP contribution in [0.3, 0.4) is 0 Å². The average molecular weight is 305 g/mol. The van der Waals surface area contributed by atoms with Gasteiger partial charge in [-0.05, 0) is 31.9 Å². The first-order valence-corrected chi connectivity index (χ1v) is 7.61. The molecule has 0 radical (unpaired) electrons. The number of imide groups is 1. The molecule has 0 aliphatic heterocycles. The van der Waals surface area contributed by atoms with Crippen molar-refractivity contribution < 1.29 is 14.3 Å². The van der Waals surface area contributed by atoms with Crippen molar-refractivity contribution in [1.29, 1.82) is 0 Å². The van der Waals surface area contributed by atoms with Crippen molar-refractivity contribution in [1.82, 2.24) is 10.6 Å². The summed E-state index contributed by atoms with van der Waals surface area (Å²) in [5.41, 5.74) is 0.712. The molecule has 1 unspecified atom stereocenters. The molecule has 3 amide bonds. The highest BCUT2D eigenvalue weighted by Crippen LogP contribution is 2.23. The van der Waals surface area contributed by atoms with Gasteiger partial charge in [0.15, 0.2) is 0 Å². The highest BCUT2D eigenvalue weighted by Gasteiger charge is 2.20. The lowest BCUT2D eigenvalue weighted by molar-refractivity contribution is -0.120. The van der Waals surface area contributed by atoms with Crippen LogP contribution in [0.2, 0.25) is 0 Å². The lowest BCUT2D eigenvalue weighted by atomic mass is 10.2. The number of carbonyl (C=O) groups is 2. The molecule has 120 valence electrons. The molecule has 1 aliphatic carbocycles. The van der Waals surface area contributed by atoms with E-state index in [2.05, 4.69) is 16.0 Å². The molecule has 1 fully saturated rings. The van der Waals surface area contributed by atoms with Gasteiger partial charge in [-0.15, -0.1) is 0 Å². The molecule has 6 nitrogen and oxygen atoms in total. The summed E-state index contributed by atoms with van der Waals surface area (Å²) >= 11 is 0. The highest BCUT2D eigenvalue weighted by molar-refractivity contribution is 5.98. The van der Waals surface area contributed by atoms with E-state index in [1.54, 1.807) is 20.1 Å². The van der Waals surface area contributed by atoms with Gasteiger partial charge in [0.1, 0.15) is 11.8 Å². The van der Waals surface area contributed by atoms with Gasteiger partial charge in [-0.25, -0.2) is 4.79 Å². The number of anilines is 1. The summed E-state index contributed by atoms with van der Waals surface area (Å²) in [7, 11) is 1.57. The predicted molar refractivity (Wildman–Crippen MR) is 85.0 cm³/mol. The Morgan fingerprint density at radius 2 is 1.91 bits per heavy atom. The number of methoxy groups -OCH3 is 1. The number of nitrogens with one attached hydrogen (secondary N) is 3. The Hall–Kier alpha value is -2.24. The number of carbonyl (C=O) groups excluding carboxylic acids is 2. The van der Waals surface area contributed by atoms with Gasteiger partial charge >= 0.3 is 6.03 Å². The monoisotopic (exact) mass is 305 g/mol. The third-order valence-corrected chi connectivity index (χ3v) is 3.80. The van der Waals surface area contributed by atoms with Crippen LogP contribution in [0.15, 0.2) is 24.3 Å². The van der Waals surface area contributed by atoms with E-state index in [1.807, 2.05) is 18.2 Å². The summed E-state index contributed by atoms with van der Waals surface area (Å²) in [6, 6.07) is 6.54. The zero-order valence-electron chi connectivity index (χ0n) is 13.0. The van der Waals surface area contributed by atoms with Crippen molar-refractivity contribution in [2.75, 3.05) is 12.4 Å². The van der Waals surface area contributed by atoms with E-state index < -0.39 is 12.1 Å². The van der Waals surface area contributed by atoms with Gasteiger partial charge < -0.3 is 15.4 Å². The fourth-order valence-electron chi connectivity index (χ4n) is 2.57. The van der Waals surface area contributed by atoms with Crippen LogP contribution >= 0.6 is 0 Å². The summed E-state index contributed by atoms with van der Waals surface area (Å²) in [5, 5.41) is 8.24. The molecule has 3 N–H and O–H groups in total. The summed E-state index contributed by atoms with van der Waals surface area (Å²) in [5.74, 6) is 0.277. The first kappa shape index (κ1) is 16.1. The molecule has 0 saturated heterocycles. The quantitative estimate of drug-likeness (QED) is 0.779. The topological polar surface area (TPSA) is 79.5 Å². The van der Waals surface area contributed by atoms with Crippen LogP contribution in [0.1, 0.15) is 32.6 Å². The van der Waals surface area contributed by atoms with Crippen molar-refractivity contribution in [2.45, 2.75) is 44.7 Å². The predicted octanol–water partition coefficient (Wildman–Crippen LogP) is 2.26. The maximum atomic E-state index is 12.1. The smallest absolute Gasteiger partial charge is 0.321 e. The lowest BCUT2D eigenvalue weighted by Gasteiger charge is -2.18. The Balaban J connectivity index is 1.84. The first-order valence-electron chi connectivity index (χ1n) is 7.61. The number of amides is 3. The van der Waals surface area contributed by atoms with Gasteiger partial charge in [-0.2, -0.15) is 0 Å². The van der Waals surface area contributed by atoms with Gasteiger partial charge in [0.2, 0.25) is 5.91 Å². The first-order chi connectivity index (χ1) is 10.6. The molecule has 1 aromatic rings. The van der Waals surface area contributed by atoms with Gasteiger partial charge in [-0.1, -0.05) is 25.0 Å². The molecule has 1 aromatic carbocycles. The van der Waals surface area contributed by atoms with Gasteiger partial charge in [0.25, 0.3) is 0 Å². The zero-order valence-corrected chi connectivity index (χ0v) is 13.0. The SMILES string of the molecule is COc1ccccc1NC(C)C(=O)NC(=O)NC1CCCC1. The Labute approximate surface area is 130 Å². The number of benzene rings is 1. The van der Waals surface area contributed by atoms with E-state index in [1.165, 1.54) is 0 Å². The molecule has 1 atom stereocenters. The molecular weight excluding hydrogens is 282 g/mol. The molecule has 0 spiro atoms. The third-order valence-electron chi connectivity index (χ3n) is 3.80. The summed E-state index contributed by atoms with van der Waals surface area (Å²) in [6.07, 6.45) is 4.22. The van der Waals surface area contributed by atoms with E-state index in [0.29, 0.717) is 11.4 Å². The Kier molecular flexibility index (Phi) is 5.63. The molecule has 0 aromatic heterocycles. The normalized spacial score (nSPS) is 15.9. The maximum absolute atomic E-state index is 12.1. The summed E-state index contributed by atoms with van der Waals surface area (Å²) in [4.78, 5) is 23.8. The number of urea groups is 1. The molecule has 22 heavy (non-hydrogen) atoms. The van der Waals surface area contributed by atoms with Crippen LogP contribution in [0.5, 0.6) is 5.75 Å². The van der Waals surface area contributed by atoms with Crippen molar-refractivity contribution in [3.63, 3.8) is 0 Å². The van der Waals surface area contributed by atoms with Crippen LogP contribution in [0.4, 0.5) is 10.5 Å². The maximum Gasteiger partial charge on any atom is 0.321 e. The second kappa shape index (κ2) is 7.68. The molecule has 2 rings (SSSR count). The summed E-state index contributed by atoms with van der Waals surface area (Å²) < 4.78 is 5.22. The Morgan fingerprint density at radius 1 is 1.23 bits per heavy atom. The molecule has 1 saturated carbocycles. The van der Waals surface area contributed by atoms with Crippen LogP contribution < -0.4 is 20.7 Å². The second-order valence-corrected chi connectivity index (χ2v) is 5.51. The van der Waals surface area contributed by atoms with Crippen molar-refractivity contribution in [2.24, 2.45) is 0 Å². The number of para-hydroxylation sites is 2. The molecule has 1 aliphatic rings. The van der Waals surface area contributed by atoms with Crippen LogP contribution in [-0.4, -0.2) is 31.1 Å². The largest absolute Gasteiger partial charge is 0.495 e. The second-order valence-electron chi connectivity index (χ2n) is 5.51. The van der Waals surface area contributed by atoms with E-state index in [9.17, 15) is 9.59 Å². The van der Waals surface area contributed by atoms with Gasteiger partial charge in [-0.3, -0.25) is 10.1 Å². The van der Waals surface area contributed by atoms with E-state index in [-0.39, 0.29) is 11.9 Å². The van der Waals surface area contributed by atoms with Gasteiger partial charge in [0.05, 0.1) is 12.8 Å². The average Bonchev–Trinajstić information content (AvgIpc) is 3.00. The standard InChI is InChI=1S/C16H23N3O3/c1-11(17-13-9-5-6-10-14(13)22-2)15(20)19-16(21)18-12-7-3-4-8-12/h5-6,9-12,17H,3-4,7-8H2,1-2H3,(H2,18,19,20,21). The summed E-state index contributed by atoms with van der Waals surface area (Å²) in [6.45, 7) is 1.70. The van der Waals surface area contributed by atoms with Crippen molar-refractivity contribution in [3.8, 4) is 5.75 Å². The minimum absolute atomic E-state index is 0.185. The van der Waals surface area contributed by atoms with Crippen LogP contribution in [0, 0.1) is 0 Å². The highest BCUT2D eigenvalue weighted by atomic mass is 16.5. The Morgan fingerprint density at radius 3 is 2.59 bits per heavy atom. The van der Waals surface area contributed by atoms with Crippen molar-refractivity contribution >= 4 is 17.6 Å². The molecular formula is C16H23N3O3. The van der Waals surface area contributed by atoms with Gasteiger partial charge in [0, 0.05) is 6.04 Å². The van der Waals surface area contributed by atoms with E-state index in [4.69, 9.17) is 4.74 Å². The van der Waals surface area contributed by atoms with Crippen LogP contribution in [0.25, 0.3) is 0 Å². The fraction of sp³-hybridized carbons (Fsp3) is 0.500. The number of hydrogen-bond acceptors (Lipinski definition) is 4. The number of hydrogen-bond donors (Lipinski definition) is 3. The Bertz CT molecular complexity index is 527.